The summed E-state index contributed by atoms with van der Waals surface area (Å²) in [5.74, 6) is 0.847. The average molecular weight is 295 g/mol. The third kappa shape index (κ3) is 2.80. The van der Waals surface area contributed by atoms with E-state index in [9.17, 15) is 13.2 Å². The van der Waals surface area contributed by atoms with Crippen molar-refractivity contribution in [3.63, 3.8) is 0 Å². The van der Waals surface area contributed by atoms with Gasteiger partial charge in [-0.25, -0.2) is 8.42 Å². The second kappa shape index (κ2) is 5.09. The third-order valence-corrected chi connectivity index (χ3v) is 5.51. The molecule has 1 N–H and O–H groups in total. The van der Waals surface area contributed by atoms with Gasteiger partial charge < -0.3 is 10.1 Å². The van der Waals surface area contributed by atoms with E-state index in [4.69, 9.17) is 4.74 Å². The minimum Gasteiger partial charge on any atom is -0.493 e. The molecule has 0 aliphatic carbocycles. The number of benzene rings is 1. The fourth-order valence-corrected chi connectivity index (χ4v) is 4.35. The van der Waals surface area contributed by atoms with Gasteiger partial charge in [-0.05, 0) is 43.0 Å². The normalized spacial score (nSPS) is 23.7. The van der Waals surface area contributed by atoms with E-state index in [0.717, 1.165) is 30.8 Å². The number of fused-ring (bicyclic) bond motifs is 1. The Morgan fingerprint density at radius 3 is 2.95 bits per heavy atom. The van der Waals surface area contributed by atoms with Gasteiger partial charge in [0, 0.05) is 11.6 Å². The van der Waals surface area contributed by atoms with E-state index in [-0.39, 0.29) is 23.5 Å². The van der Waals surface area contributed by atoms with Crippen LogP contribution in [0.1, 0.15) is 28.8 Å². The molecular weight excluding hydrogens is 278 g/mol. The zero-order valence-corrected chi connectivity index (χ0v) is 11.9. The van der Waals surface area contributed by atoms with Crippen LogP contribution in [0.4, 0.5) is 0 Å². The maximum Gasteiger partial charge on any atom is 0.251 e. The fourth-order valence-electron chi connectivity index (χ4n) is 2.68. The second-order valence-electron chi connectivity index (χ2n) is 5.35. The SMILES string of the molecule is O=C(NC1CCS(=O)(=O)C1)c1ccc2c(c1)CCCO2. The van der Waals surface area contributed by atoms with E-state index in [1.54, 1.807) is 6.07 Å². The molecule has 1 aromatic carbocycles. The van der Waals surface area contributed by atoms with Crippen molar-refractivity contribution in [2.75, 3.05) is 18.1 Å². The molecule has 1 amide bonds. The van der Waals surface area contributed by atoms with Crippen molar-refractivity contribution < 1.29 is 17.9 Å². The van der Waals surface area contributed by atoms with Crippen LogP contribution in [-0.4, -0.2) is 38.5 Å². The van der Waals surface area contributed by atoms with Crippen molar-refractivity contribution in [3.8, 4) is 5.75 Å². The zero-order chi connectivity index (χ0) is 14.2. The lowest BCUT2D eigenvalue weighted by Crippen LogP contribution is -2.35. The number of aryl methyl sites for hydroxylation is 1. The summed E-state index contributed by atoms with van der Waals surface area (Å²) in [4.78, 5) is 12.2. The molecule has 0 aromatic heterocycles. The first-order valence-electron chi connectivity index (χ1n) is 6.80. The monoisotopic (exact) mass is 295 g/mol. The first-order valence-corrected chi connectivity index (χ1v) is 8.63. The summed E-state index contributed by atoms with van der Waals surface area (Å²) >= 11 is 0. The smallest absolute Gasteiger partial charge is 0.251 e. The molecule has 0 saturated carbocycles. The van der Waals surface area contributed by atoms with Crippen molar-refractivity contribution in [3.05, 3.63) is 29.3 Å². The maximum absolute atomic E-state index is 12.2. The van der Waals surface area contributed by atoms with Crippen molar-refractivity contribution in [1.29, 1.82) is 0 Å². The van der Waals surface area contributed by atoms with E-state index < -0.39 is 9.84 Å². The molecule has 0 spiro atoms. The van der Waals surface area contributed by atoms with Crippen LogP contribution in [0.2, 0.25) is 0 Å². The van der Waals surface area contributed by atoms with Crippen LogP contribution in [-0.2, 0) is 16.3 Å². The predicted octanol–water partition coefficient (Wildman–Crippen LogP) is 0.928. The minimum absolute atomic E-state index is 0.0484. The Morgan fingerprint density at radius 1 is 1.35 bits per heavy atom. The first kappa shape index (κ1) is 13.4. The standard InChI is InChI=1S/C14H17NO4S/c16-14(15-12-5-7-20(17,18)9-12)11-3-4-13-10(8-11)2-1-6-19-13/h3-4,8,12H,1-2,5-7,9H2,(H,15,16). The quantitative estimate of drug-likeness (QED) is 0.881. The molecule has 3 rings (SSSR count). The summed E-state index contributed by atoms with van der Waals surface area (Å²) in [7, 11) is -2.97. The Bertz CT molecular complexity index is 639. The molecule has 6 heteroatoms. The van der Waals surface area contributed by atoms with Gasteiger partial charge in [0.15, 0.2) is 9.84 Å². The van der Waals surface area contributed by atoms with Crippen LogP contribution < -0.4 is 10.1 Å². The molecule has 0 radical (unpaired) electrons. The number of nitrogens with one attached hydrogen (secondary N) is 1. The summed E-state index contributed by atoms with van der Waals surface area (Å²) in [5.41, 5.74) is 1.61. The number of rotatable bonds is 2. The number of carbonyl (C=O) groups is 1. The number of carbonyl (C=O) groups excluding carboxylic acids is 1. The van der Waals surface area contributed by atoms with Gasteiger partial charge in [-0.2, -0.15) is 0 Å². The highest BCUT2D eigenvalue weighted by atomic mass is 32.2. The van der Waals surface area contributed by atoms with Gasteiger partial charge in [0.25, 0.3) is 5.91 Å². The topological polar surface area (TPSA) is 72.5 Å². The molecule has 5 nitrogen and oxygen atoms in total. The molecular formula is C14H17NO4S. The predicted molar refractivity (Wildman–Crippen MR) is 74.8 cm³/mol. The van der Waals surface area contributed by atoms with Crippen molar-refractivity contribution >= 4 is 15.7 Å². The van der Waals surface area contributed by atoms with Gasteiger partial charge in [-0.1, -0.05) is 0 Å². The average Bonchev–Trinajstić information content (AvgIpc) is 2.77. The van der Waals surface area contributed by atoms with Gasteiger partial charge in [0.05, 0.1) is 18.1 Å². The molecule has 0 bridgehead atoms. The van der Waals surface area contributed by atoms with Gasteiger partial charge >= 0.3 is 0 Å². The molecule has 1 saturated heterocycles. The molecule has 1 unspecified atom stereocenters. The lowest BCUT2D eigenvalue weighted by molar-refractivity contribution is 0.0941. The third-order valence-electron chi connectivity index (χ3n) is 3.74. The Kier molecular flexibility index (Phi) is 3.41. The lowest BCUT2D eigenvalue weighted by atomic mass is 10.0. The molecule has 1 fully saturated rings. The maximum atomic E-state index is 12.2. The molecule has 20 heavy (non-hydrogen) atoms. The van der Waals surface area contributed by atoms with Gasteiger partial charge in [-0.15, -0.1) is 0 Å². The molecule has 1 aromatic rings. The molecule has 2 aliphatic heterocycles. The van der Waals surface area contributed by atoms with Crippen LogP contribution >= 0.6 is 0 Å². The zero-order valence-electron chi connectivity index (χ0n) is 11.1. The molecule has 108 valence electrons. The number of hydrogen-bond donors (Lipinski definition) is 1. The Balaban J connectivity index is 1.71. The second-order valence-corrected chi connectivity index (χ2v) is 7.58. The van der Waals surface area contributed by atoms with E-state index in [1.165, 1.54) is 0 Å². The first-order chi connectivity index (χ1) is 9.53. The molecule has 2 heterocycles. The van der Waals surface area contributed by atoms with Crippen molar-refractivity contribution in [2.24, 2.45) is 0 Å². The largest absolute Gasteiger partial charge is 0.493 e. The number of amides is 1. The van der Waals surface area contributed by atoms with E-state index in [2.05, 4.69) is 5.32 Å². The fraction of sp³-hybridized carbons (Fsp3) is 0.500. The van der Waals surface area contributed by atoms with Crippen LogP contribution in [0.5, 0.6) is 5.75 Å². The summed E-state index contributed by atoms with van der Waals surface area (Å²) in [6.45, 7) is 0.721. The number of hydrogen-bond acceptors (Lipinski definition) is 4. The Labute approximate surface area is 118 Å². The van der Waals surface area contributed by atoms with Crippen LogP contribution in [0, 0.1) is 0 Å². The summed E-state index contributed by atoms with van der Waals surface area (Å²) < 4.78 is 28.3. The van der Waals surface area contributed by atoms with Crippen LogP contribution in [0.15, 0.2) is 18.2 Å². The molecule has 1 atom stereocenters. The summed E-state index contributed by atoms with van der Waals surface area (Å²) in [6.07, 6.45) is 2.37. The van der Waals surface area contributed by atoms with E-state index in [1.807, 2.05) is 12.1 Å². The summed E-state index contributed by atoms with van der Waals surface area (Å²) in [6, 6.07) is 5.12. The van der Waals surface area contributed by atoms with E-state index in [0.29, 0.717) is 12.0 Å². The highest BCUT2D eigenvalue weighted by Gasteiger charge is 2.29. The highest BCUT2D eigenvalue weighted by Crippen LogP contribution is 2.25. The van der Waals surface area contributed by atoms with Crippen molar-refractivity contribution in [2.45, 2.75) is 25.3 Å². The lowest BCUT2D eigenvalue weighted by Gasteiger charge is -2.18. The van der Waals surface area contributed by atoms with Crippen molar-refractivity contribution in [1.82, 2.24) is 5.32 Å². The Hall–Kier alpha value is -1.56. The minimum atomic E-state index is -2.97. The van der Waals surface area contributed by atoms with Gasteiger partial charge in [-0.3, -0.25) is 4.79 Å². The van der Waals surface area contributed by atoms with E-state index >= 15 is 0 Å². The number of sulfone groups is 1. The highest BCUT2D eigenvalue weighted by molar-refractivity contribution is 7.91. The summed E-state index contributed by atoms with van der Waals surface area (Å²) in [5, 5.41) is 2.80. The van der Waals surface area contributed by atoms with Gasteiger partial charge in [0.2, 0.25) is 0 Å². The number of ether oxygens (including phenoxy) is 1. The van der Waals surface area contributed by atoms with Crippen LogP contribution in [0.25, 0.3) is 0 Å². The Morgan fingerprint density at radius 2 is 2.20 bits per heavy atom. The van der Waals surface area contributed by atoms with Crippen LogP contribution in [0.3, 0.4) is 0 Å². The molecule has 2 aliphatic rings. The van der Waals surface area contributed by atoms with Gasteiger partial charge in [0.1, 0.15) is 5.75 Å².